The number of hydrogen-bond donors (Lipinski definition) is 1. The van der Waals surface area contributed by atoms with Gasteiger partial charge in [0.2, 0.25) is 21.8 Å². The highest BCUT2D eigenvalue weighted by atomic mass is 35.5. The first-order chi connectivity index (χ1) is 16.1. The second kappa shape index (κ2) is 11.6. The van der Waals surface area contributed by atoms with Crippen LogP contribution in [0.25, 0.3) is 0 Å². The number of nitrogens with zero attached hydrogens (tertiary/aromatic N) is 2. The molecule has 0 saturated carbocycles. The second-order valence-electron chi connectivity index (χ2n) is 9.51. The van der Waals surface area contributed by atoms with Crippen LogP contribution in [0.3, 0.4) is 0 Å². The predicted molar refractivity (Wildman–Crippen MR) is 142 cm³/mol. The third kappa shape index (κ3) is 8.12. The van der Waals surface area contributed by atoms with Crippen LogP contribution in [0.5, 0.6) is 0 Å². The molecule has 0 aliphatic heterocycles. The Morgan fingerprint density at radius 1 is 1.06 bits per heavy atom. The molecule has 192 valence electrons. The van der Waals surface area contributed by atoms with E-state index in [4.69, 9.17) is 23.2 Å². The van der Waals surface area contributed by atoms with E-state index in [1.807, 2.05) is 58.9 Å². The lowest BCUT2D eigenvalue weighted by molar-refractivity contribution is -0.141. The minimum atomic E-state index is -3.90. The molecule has 0 spiro atoms. The summed E-state index contributed by atoms with van der Waals surface area (Å²) < 4.78 is 26.3. The number of nitrogens with one attached hydrogen (secondary N) is 1. The Bertz CT molecular complexity index is 1160. The number of carbonyl (C=O) groups is 2. The van der Waals surface area contributed by atoms with Gasteiger partial charge in [-0.3, -0.25) is 13.9 Å². The number of hydrogen-bond acceptors (Lipinski definition) is 4. The minimum Gasteiger partial charge on any atom is -0.350 e. The molecule has 0 heterocycles. The van der Waals surface area contributed by atoms with Gasteiger partial charge in [0.05, 0.1) is 22.0 Å². The largest absolute Gasteiger partial charge is 0.350 e. The first kappa shape index (κ1) is 28.9. The van der Waals surface area contributed by atoms with Crippen molar-refractivity contribution in [1.82, 2.24) is 10.2 Å². The Morgan fingerprint density at radius 2 is 1.66 bits per heavy atom. The minimum absolute atomic E-state index is 0.0231. The van der Waals surface area contributed by atoms with E-state index in [0.29, 0.717) is 6.42 Å². The number of benzene rings is 2. The average Bonchev–Trinajstić information content (AvgIpc) is 2.73. The zero-order valence-corrected chi connectivity index (χ0v) is 23.3. The zero-order chi connectivity index (χ0) is 26.6. The third-order valence-corrected chi connectivity index (χ3v) is 7.17. The Balaban J connectivity index is 2.49. The van der Waals surface area contributed by atoms with Gasteiger partial charge in [0.25, 0.3) is 0 Å². The molecule has 35 heavy (non-hydrogen) atoms. The zero-order valence-electron chi connectivity index (χ0n) is 20.9. The van der Waals surface area contributed by atoms with Gasteiger partial charge in [-0.1, -0.05) is 66.0 Å². The van der Waals surface area contributed by atoms with Crippen molar-refractivity contribution in [1.29, 1.82) is 0 Å². The molecule has 0 bridgehead atoms. The highest BCUT2D eigenvalue weighted by Crippen LogP contribution is 2.33. The van der Waals surface area contributed by atoms with Crippen LogP contribution in [0, 0.1) is 6.92 Å². The molecule has 0 fully saturated rings. The average molecular weight is 543 g/mol. The number of rotatable bonds is 9. The van der Waals surface area contributed by atoms with Crippen molar-refractivity contribution in [3.8, 4) is 0 Å². The van der Waals surface area contributed by atoms with E-state index in [-0.39, 0.29) is 28.2 Å². The summed E-state index contributed by atoms with van der Waals surface area (Å²) in [7, 11) is -3.90. The summed E-state index contributed by atoms with van der Waals surface area (Å²) in [6.07, 6.45) is 1.34. The van der Waals surface area contributed by atoms with E-state index < -0.39 is 34.1 Å². The maximum absolute atomic E-state index is 13.7. The quantitative estimate of drug-likeness (QED) is 0.494. The predicted octanol–water partition coefficient (Wildman–Crippen LogP) is 4.79. The standard InChI is InChI=1S/C25H33Cl2N3O4S/c1-7-20(24(32)28-25(3,4)5)29(15-18-13-11-17(2)12-14-18)22(31)16-30(35(6,33)34)21-10-8-9-19(26)23(21)27/h8-14,20H,7,15-16H2,1-6H3,(H,28,32)/t20-/m1/s1. The number of anilines is 1. The van der Waals surface area contributed by atoms with Crippen LogP contribution in [0.4, 0.5) is 5.69 Å². The first-order valence-electron chi connectivity index (χ1n) is 11.2. The molecule has 10 heteroatoms. The molecule has 1 atom stereocenters. The number of aryl methyl sites for hydroxylation is 1. The molecule has 2 amide bonds. The summed E-state index contributed by atoms with van der Waals surface area (Å²) in [6.45, 7) is 8.94. The van der Waals surface area contributed by atoms with E-state index in [2.05, 4.69) is 5.32 Å². The number of amides is 2. The normalized spacial score (nSPS) is 12.7. The van der Waals surface area contributed by atoms with Crippen LogP contribution < -0.4 is 9.62 Å². The van der Waals surface area contributed by atoms with Crippen LogP contribution in [0.1, 0.15) is 45.2 Å². The van der Waals surface area contributed by atoms with Gasteiger partial charge < -0.3 is 10.2 Å². The molecule has 0 unspecified atom stereocenters. The van der Waals surface area contributed by atoms with Gasteiger partial charge in [-0.25, -0.2) is 8.42 Å². The lowest BCUT2D eigenvalue weighted by Crippen LogP contribution is -2.55. The number of carbonyl (C=O) groups excluding carboxylic acids is 2. The summed E-state index contributed by atoms with van der Waals surface area (Å²) in [5.74, 6) is -0.852. The van der Waals surface area contributed by atoms with Gasteiger partial charge >= 0.3 is 0 Å². The summed E-state index contributed by atoms with van der Waals surface area (Å²) >= 11 is 12.4. The summed E-state index contributed by atoms with van der Waals surface area (Å²) in [5, 5.41) is 3.12. The van der Waals surface area contributed by atoms with E-state index in [1.165, 1.54) is 17.0 Å². The fourth-order valence-electron chi connectivity index (χ4n) is 3.54. The first-order valence-corrected chi connectivity index (χ1v) is 13.8. The lowest BCUT2D eigenvalue weighted by atomic mass is 10.1. The second-order valence-corrected chi connectivity index (χ2v) is 12.2. The molecule has 1 N–H and O–H groups in total. The van der Waals surface area contributed by atoms with Crippen molar-refractivity contribution >= 4 is 50.7 Å². The Morgan fingerprint density at radius 3 is 2.17 bits per heavy atom. The van der Waals surface area contributed by atoms with Crippen LogP contribution in [-0.4, -0.2) is 49.5 Å². The van der Waals surface area contributed by atoms with Gasteiger partial charge in [-0.15, -0.1) is 0 Å². The molecule has 2 aromatic carbocycles. The van der Waals surface area contributed by atoms with Crippen LogP contribution >= 0.6 is 23.2 Å². The highest BCUT2D eigenvalue weighted by molar-refractivity contribution is 7.92. The fraction of sp³-hybridized carbons (Fsp3) is 0.440. The lowest BCUT2D eigenvalue weighted by Gasteiger charge is -2.34. The topological polar surface area (TPSA) is 86.8 Å². The van der Waals surface area contributed by atoms with Crippen LogP contribution in [0.15, 0.2) is 42.5 Å². The molecule has 0 radical (unpaired) electrons. The molecular weight excluding hydrogens is 509 g/mol. The van der Waals surface area contributed by atoms with Gasteiger partial charge in [-0.05, 0) is 51.8 Å². The molecule has 2 rings (SSSR count). The van der Waals surface area contributed by atoms with E-state index in [1.54, 1.807) is 6.07 Å². The Kier molecular flexibility index (Phi) is 9.62. The van der Waals surface area contributed by atoms with Crippen LogP contribution in [-0.2, 0) is 26.2 Å². The highest BCUT2D eigenvalue weighted by Gasteiger charge is 2.33. The number of halogens is 2. The van der Waals surface area contributed by atoms with Crippen LogP contribution in [0.2, 0.25) is 10.0 Å². The van der Waals surface area contributed by atoms with Crippen molar-refractivity contribution in [3.63, 3.8) is 0 Å². The molecule has 0 aromatic heterocycles. The molecule has 7 nitrogen and oxygen atoms in total. The molecule has 0 aliphatic rings. The Hall–Kier alpha value is -2.29. The maximum atomic E-state index is 13.7. The SMILES string of the molecule is CC[C@H](C(=O)NC(C)(C)C)N(Cc1ccc(C)cc1)C(=O)CN(c1cccc(Cl)c1Cl)S(C)(=O)=O. The van der Waals surface area contributed by atoms with Crippen molar-refractivity contribution in [2.24, 2.45) is 0 Å². The van der Waals surface area contributed by atoms with Crippen molar-refractivity contribution in [3.05, 3.63) is 63.6 Å². The van der Waals surface area contributed by atoms with E-state index in [0.717, 1.165) is 21.7 Å². The van der Waals surface area contributed by atoms with Crippen molar-refractivity contribution < 1.29 is 18.0 Å². The molecule has 0 aliphatic carbocycles. The number of sulfonamides is 1. The summed E-state index contributed by atoms with van der Waals surface area (Å²) in [5.41, 5.74) is 1.47. The third-order valence-electron chi connectivity index (χ3n) is 5.24. The molecular formula is C25H33Cl2N3O4S. The Labute approximate surface area is 218 Å². The van der Waals surface area contributed by atoms with Gasteiger partial charge in [0.1, 0.15) is 12.6 Å². The molecule has 2 aromatic rings. The van der Waals surface area contributed by atoms with Gasteiger partial charge in [0, 0.05) is 12.1 Å². The molecule has 0 saturated heterocycles. The van der Waals surface area contributed by atoms with Crippen molar-refractivity contribution in [2.75, 3.05) is 17.1 Å². The van der Waals surface area contributed by atoms with E-state index in [9.17, 15) is 18.0 Å². The van der Waals surface area contributed by atoms with Gasteiger partial charge in [0.15, 0.2) is 0 Å². The summed E-state index contributed by atoms with van der Waals surface area (Å²) in [4.78, 5) is 28.3. The maximum Gasteiger partial charge on any atom is 0.244 e. The van der Waals surface area contributed by atoms with Gasteiger partial charge in [-0.2, -0.15) is 0 Å². The van der Waals surface area contributed by atoms with E-state index >= 15 is 0 Å². The fourth-order valence-corrected chi connectivity index (χ4v) is 4.84. The monoisotopic (exact) mass is 541 g/mol. The van der Waals surface area contributed by atoms with Crippen molar-refractivity contribution in [2.45, 2.75) is 59.2 Å². The smallest absolute Gasteiger partial charge is 0.244 e. The summed E-state index contributed by atoms with van der Waals surface area (Å²) in [6, 6.07) is 11.4.